The number of benzene rings is 1. The molecule has 2 N–H and O–H groups in total. The third kappa shape index (κ3) is 2.64. The zero-order valence-electron chi connectivity index (χ0n) is 8.56. The van der Waals surface area contributed by atoms with Gasteiger partial charge in [-0.1, -0.05) is 29.8 Å². The maximum Gasteiger partial charge on any atom is 0.126 e. The number of nitrogens with two attached hydrogens (primary N) is 1. The molecule has 0 bridgehead atoms. The molecule has 1 aromatic carbocycles. The number of rotatable bonds is 3. The molecule has 82 valence electrons. The molecular formula is C12H11ClN2O. The molecule has 2 aromatic rings. The maximum atomic E-state index is 6.00. The van der Waals surface area contributed by atoms with Gasteiger partial charge in [-0.15, -0.1) is 0 Å². The second-order valence-corrected chi connectivity index (χ2v) is 3.70. The summed E-state index contributed by atoms with van der Waals surface area (Å²) < 4.78 is 5.55. The molecular weight excluding hydrogens is 224 g/mol. The Kier molecular flexibility index (Phi) is 3.27. The Hall–Kier alpha value is -1.74. The molecule has 2 rings (SSSR count). The summed E-state index contributed by atoms with van der Waals surface area (Å²) in [5.74, 6) is 1.13. The van der Waals surface area contributed by atoms with Gasteiger partial charge in [0.2, 0.25) is 0 Å². The molecule has 3 nitrogen and oxygen atoms in total. The first-order valence-corrected chi connectivity index (χ1v) is 5.21. The Morgan fingerprint density at radius 3 is 2.81 bits per heavy atom. The summed E-state index contributed by atoms with van der Waals surface area (Å²) in [5, 5.41) is 0.699. The number of halogens is 1. The molecule has 0 radical (unpaired) electrons. The van der Waals surface area contributed by atoms with E-state index in [0.29, 0.717) is 23.2 Å². The zero-order chi connectivity index (χ0) is 11.4. The SMILES string of the molecule is Nc1cc(OCc2ccccc2Cl)ccn1. The van der Waals surface area contributed by atoms with E-state index in [2.05, 4.69) is 4.98 Å². The first kappa shape index (κ1) is 10.8. The fourth-order valence-corrected chi connectivity index (χ4v) is 1.48. The number of nitrogen functional groups attached to an aromatic ring is 1. The van der Waals surface area contributed by atoms with E-state index in [4.69, 9.17) is 22.1 Å². The molecule has 1 heterocycles. The Morgan fingerprint density at radius 1 is 1.25 bits per heavy atom. The van der Waals surface area contributed by atoms with Gasteiger partial charge in [-0.05, 0) is 12.1 Å². The molecule has 0 atom stereocenters. The lowest BCUT2D eigenvalue weighted by Gasteiger charge is -2.07. The lowest BCUT2D eigenvalue weighted by Crippen LogP contribution is -1.97. The highest BCUT2D eigenvalue weighted by molar-refractivity contribution is 6.31. The van der Waals surface area contributed by atoms with Crippen LogP contribution in [-0.4, -0.2) is 4.98 Å². The van der Waals surface area contributed by atoms with Crippen molar-refractivity contribution >= 4 is 17.4 Å². The summed E-state index contributed by atoms with van der Waals surface area (Å²) in [5.41, 5.74) is 6.48. The van der Waals surface area contributed by atoms with Crippen LogP contribution in [0.25, 0.3) is 0 Å². The number of pyridine rings is 1. The largest absolute Gasteiger partial charge is 0.489 e. The van der Waals surface area contributed by atoms with E-state index in [0.717, 1.165) is 5.56 Å². The van der Waals surface area contributed by atoms with Gasteiger partial charge in [0.15, 0.2) is 0 Å². The minimum absolute atomic E-state index is 0.420. The van der Waals surface area contributed by atoms with E-state index in [1.165, 1.54) is 0 Å². The van der Waals surface area contributed by atoms with Crippen LogP contribution in [0.4, 0.5) is 5.82 Å². The molecule has 0 amide bonds. The van der Waals surface area contributed by atoms with Gasteiger partial charge in [0, 0.05) is 22.8 Å². The fraction of sp³-hybridized carbons (Fsp3) is 0.0833. The van der Waals surface area contributed by atoms with Crippen LogP contribution >= 0.6 is 11.6 Å². The van der Waals surface area contributed by atoms with Gasteiger partial charge in [0.05, 0.1) is 0 Å². The van der Waals surface area contributed by atoms with Crippen molar-refractivity contribution in [2.75, 3.05) is 5.73 Å². The van der Waals surface area contributed by atoms with E-state index in [-0.39, 0.29) is 0 Å². The van der Waals surface area contributed by atoms with Crippen LogP contribution < -0.4 is 10.5 Å². The van der Waals surface area contributed by atoms with Gasteiger partial charge < -0.3 is 10.5 Å². The third-order valence-corrected chi connectivity index (χ3v) is 2.47. The summed E-state index contributed by atoms with van der Waals surface area (Å²) in [6.07, 6.45) is 1.61. The monoisotopic (exact) mass is 234 g/mol. The van der Waals surface area contributed by atoms with Gasteiger partial charge in [-0.2, -0.15) is 0 Å². The summed E-state index contributed by atoms with van der Waals surface area (Å²) in [4.78, 5) is 3.88. The summed E-state index contributed by atoms with van der Waals surface area (Å²) >= 11 is 6.00. The van der Waals surface area contributed by atoms with Crippen molar-refractivity contribution in [2.24, 2.45) is 0 Å². The predicted molar refractivity (Wildman–Crippen MR) is 64.4 cm³/mol. The Labute approximate surface area is 98.8 Å². The van der Waals surface area contributed by atoms with Gasteiger partial charge in [-0.25, -0.2) is 4.98 Å². The van der Waals surface area contributed by atoms with E-state index in [9.17, 15) is 0 Å². The second kappa shape index (κ2) is 4.86. The molecule has 0 fully saturated rings. The van der Waals surface area contributed by atoms with Crippen LogP contribution in [0.5, 0.6) is 5.75 Å². The first-order valence-electron chi connectivity index (χ1n) is 4.83. The van der Waals surface area contributed by atoms with Crippen molar-refractivity contribution in [3.8, 4) is 5.75 Å². The average molecular weight is 235 g/mol. The molecule has 0 aliphatic carbocycles. The zero-order valence-corrected chi connectivity index (χ0v) is 9.32. The van der Waals surface area contributed by atoms with E-state index >= 15 is 0 Å². The summed E-state index contributed by atoms with van der Waals surface area (Å²) in [7, 11) is 0. The van der Waals surface area contributed by atoms with Crippen molar-refractivity contribution in [1.82, 2.24) is 4.98 Å². The van der Waals surface area contributed by atoms with Crippen molar-refractivity contribution in [1.29, 1.82) is 0 Å². The number of nitrogens with zero attached hydrogens (tertiary/aromatic N) is 1. The maximum absolute atomic E-state index is 6.00. The van der Waals surface area contributed by atoms with Gasteiger partial charge >= 0.3 is 0 Å². The fourth-order valence-electron chi connectivity index (χ4n) is 1.29. The number of hydrogen-bond acceptors (Lipinski definition) is 3. The lowest BCUT2D eigenvalue weighted by molar-refractivity contribution is 0.306. The van der Waals surface area contributed by atoms with E-state index in [1.807, 2.05) is 24.3 Å². The van der Waals surface area contributed by atoms with E-state index < -0.39 is 0 Å². The number of aromatic nitrogens is 1. The predicted octanol–water partition coefficient (Wildman–Crippen LogP) is 2.90. The molecule has 4 heteroatoms. The van der Waals surface area contributed by atoms with Crippen LogP contribution in [0, 0.1) is 0 Å². The molecule has 0 aliphatic heterocycles. The van der Waals surface area contributed by atoms with Gasteiger partial charge in [-0.3, -0.25) is 0 Å². The Morgan fingerprint density at radius 2 is 2.06 bits per heavy atom. The quantitative estimate of drug-likeness (QED) is 0.888. The van der Waals surface area contributed by atoms with Crippen molar-refractivity contribution in [3.05, 3.63) is 53.2 Å². The molecule has 0 unspecified atom stereocenters. The number of hydrogen-bond donors (Lipinski definition) is 1. The molecule has 0 saturated carbocycles. The van der Waals surface area contributed by atoms with Crippen LogP contribution in [0.1, 0.15) is 5.56 Å². The lowest BCUT2D eigenvalue weighted by atomic mass is 10.2. The standard InChI is InChI=1S/C12H11ClN2O/c13-11-4-2-1-3-9(11)8-16-10-5-6-15-12(14)7-10/h1-7H,8H2,(H2,14,15). The number of anilines is 1. The van der Waals surface area contributed by atoms with Crippen LogP contribution in [-0.2, 0) is 6.61 Å². The minimum Gasteiger partial charge on any atom is -0.489 e. The van der Waals surface area contributed by atoms with Crippen LogP contribution in [0.3, 0.4) is 0 Å². The summed E-state index contributed by atoms with van der Waals surface area (Å²) in [6.45, 7) is 0.420. The molecule has 16 heavy (non-hydrogen) atoms. The molecule has 1 aromatic heterocycles. The molecule has 0 saturated heterocycles. The second-order valence-electron chi connectivity index (χ2n) is 3.30. The highest BCUT2D eigenvalue weighted by Gasteiger charge is 2.00. The average Bonchev–Trinajstić information content (AvgIpc) is 2.28. The highest BCUT2D eigenvalue weighted by Crippen LogP contribution is 2.18. The molecule has 0 aliphatic rings. The minimum atomic E-state index is 0.420. The van der Waals surface area contributed by atoms with Gasteiger partial charge in [0.25, 0.3) is 0 Å². The Bertz CT molecular complexity index is 488. The Balaban J connectivity index is 2.05. The van der Waals surface area contributed by atoms with Crippen LogP contribution in [0.15, 0.2) is 42.6 Å². The third-order valence-electron chi connectivity index (χ3n) is 2.10. The molecule has 0 spiro atoms. The van der Waals surface area contributed by atoms with Crippen LogP contribution in [0.2, 0.25) is 5.02 Å². The smallest absolute Gasteiger partial charge is 0.126 e. The van der Waals surface area contributed by atoms with Gasteiger partial charge in [0.1, 0.15) is 18.2 Å². The van der Waals surface area contributed by atoms with Crippen molar-refractivity contribution in [3.63, 3.8) is 0 Å². The topological polar surface area (TPSA) is 48.1 Å². The number of ether oxygens (including phenoxy) is 1. The van der Waals surface area contributed by atoms with Crippen molar-refractivity contribution in [2.45, 2.75) is 6.61 Å². The van der Waals surface area contributed by atoms with E-state index in [1.54, 1.807) is 18.3 Å². The van der Waals surface area contributed by atoms with Crippen molar-refractivity contribution < 1.29 is 4.74 Å². The normalized spacial score (nSPS) is 10.1. The summed E-state index contributed by atoms with van der Waals surface area (Å²) in [6, 6.07) is 11.0. The first-order chi connectivity index (χ1) is 7.75. The highest BCUT2D eigenvalue weighted by atomic mass is 35.5.